The van der Waals surface area contributed by atoms with Crippen LogP contribution in [0.15, 0.2) is 46.9 Å². The monoisotopic (exact) mass is 332 g/mol. The molecule has 0 spiro atoms. The zero-order valence-corrected chi connectivity index (χ0v) is 11.9. The number of carbonyl (C=O) groups excluding carboxylic acids is 1. The smallest absolute Gasteiger partial charge is 0.228 e. The van der Waals surface area contributed by atoms with E-state index in [-0.39, 0.29) is 12.3 Å². The average Bonchev–Trinajstić information content (AvgIpc) is 2.43. The van der Waals surface area contributed by atoms with Gasteiger partial charge in [0.1, 0.15) is 5.82 Å². The number of nitriles is 1. The van der Waals surface area contributed by atoms with E-state index >= 15 is 0 Å². The molecule has 20 heavy (non-hydrogen) atoms. The van der Waals surface area contributed by atoms with Gasteiger partial charge in [-0.2, -0.15) is 5.26 Å². The van der Waals surface area contributed by atoms with Gasteiger partial charge in [0.2, 0.25) is 5.91 Å². The van der Waals surface area contributed by atoms with Gasteiger partial charge in [-0.25, -0.2) is 4.39 Å². The quantitative estimate of drug-likeness (QED) is 0.932. The molecule has 0 radical (unpaired) electrons. The lowest BCUT2D eigenvalue weighted by Crippen LogP contribution is -2.14. The van der Waals surface area contributed by atoms with E-state index in [9.17, 15) is 9.18 Å². The van der Waals surface area contributed by atoms with Crippen LogP contribution >= 0.6 is 15.9 Å². The van der Waals surface area contributed by atoms with E-state index in [4.69, 9.17) is 5.26 Å². The van der Waals surface area contributed by atoms with E-state index in [1.54, 1.807) is 24.3 Å². The van der Waals surface area contributed by atoms with E-state index in [0.29, 0.717) is 15.7 Å². The molecule has 0 fully saturated rings. The van der Waals surface area contributed by atoms with E-state index in [1.807, 2.05) is 6.07 Å². The second-order valence-electron chi connectivity index (χ2n) is 4.16. The first-order valence-corrected chi connectivity index (χ1v) is 6.62. The van der Waals surface area contributed by atoms with Crippen molar-refractivity contribution in [2.45, 2.75) is 6.42 Å². The summed E-state index contributed by atoms with van der Waals surface area (Å²) in [5, 5.41) is 11.3. The van der Waals surface area contributed by atoms with Crippen molar-refractivity contribution in [1.82, 2.24) is 0 Å². The SMILES string of the molecule is N#Cc1ccc(CC(=O)Nc2cc(F)ccc2Br)cc1. The molecule has 0 unspecified atom stereocenters. The van der Waals surface area contributed by atoms with Crippen molar-refractivity contribution in [1.29, 1.82) is 5.26 Å². The van der Waals surface area contributed by atoms with E-state index in [0.717, 1.165) is 5.56 Å². The molecule has 0 saturated carbocycles. The minimum atomic E-state index is -0.415. The Morgan fingerprint density at radius 2 is 1.95 bits per heavy atom. The van der Waals surface area contributed by atoms with Crippen molar-refractivity contribution in [2.75, 3.05) is 5.32 Å². The maximum Gasteiger partial charge on any atom is 0.228 e. The fourth-order valence-corrected chi connectivity index (χ4v) is 2.02. The fraction of sp³-hybridized carbons (Fsp3) is 0.0667. The van der Waals surface area contributed by atoms with Gasteiger partial charge in [-0.05, 0) is 51.8 Å². The van der Waals surface area contributed by atoms with Gasteiger partial charge in [-0.1, -0.05) is 12.1 Å². The third-order valence-corrected chi connectivity index (χ3v) is 3.34. The topological polar surface area (TPSA) is 52.9 Å². The molecule has 0 atom stereocenters. The Kier molecular flexibility index (Phi) is 4.49. The maximum atomic E-state index is 13.1. The Balaban J connectivity index is 2.05. The van der Waals surface area contributed by atoms with Gasteiger partial charge >= 0.3 is 0 Å². The second kappa shape index (κ2) is 6.31. The minimum absolute atomic E-state index is 0.161. The molecule has 3 nitrogen and oxygen atoms in total. The standard InChI is InChI=1S/C15H10BrFN2O/c16-13-6-5-12(17)8-14(13)19-15(20)7-10-1-3-11(9-18)4-2-10/h1-6,8H,7H2,(H,19,20). The number of anilines is 1. The van der Waals surface area contributed by atoms with Gasteiger partial charge in [0, 0.05) is 4.47 Å². The summed E-state index contributed by atoms with van der Waals surface area (Å²) in [5.41, 5.74) is 1.72. The second-order valence-corrected chi connectivity index (χ2v) is 5.01. The van der Waals surface area contributed by atoms with Crippen LogP contribution in [0.2, 0.25) is 0 Å². The van der Waals surface area contributed by atoms with Gasteiger partial charge in [0.15, 0.2) is 0 Å². The summed E-state index contributed by atoms with van der Waals surface area (Å²) in [6.45, 7) is 0. The third-order valence-electron chi connectivity index (χ3n) is 2.65. The van der Waals surface area contributed by atoms with Gasteiger partial charge in [-0.3, -0.25) is 4.79 Å². The molecule has 2 aromatic rings. The predicted octanol–water partition coefficient (Wildman–Crippen LogP) is 3.64. The van der Waals surface area contributed by atoms with Gasteiger partial charge in [-0.15, -0.1) is 0 Å². The van der Waals surface area contributed by atoms with Gasteiger partial charge < -0.3 is 5.32 Å². The molecule has 100 valence electrons. The molecule has 2 aromatic carbocycles. The lowest BCUT2D eigenvalue weighted by Gasteiger charge is -2.07. The zero-order chi connectivity index (χ0) is 14.5. The summed E-state index contributed by atoms with van der Waals surface area (Å²) in [7, 11) is 0. The summed E-state index contributed by atoms with van der Waals surface area (Å²) in [6.07, 6.45) is 0.161. The van der Waals surface area contributed by atoms with Crippen LogP contribution in [0.1, 0.15) is 11.1 Å². The Bertz CT molecular complexity index is 677. The number of carbonyl (C=O) groups is 1. The van der Waals surface area contributed by atoms with Crippen molar-refractivity contribution in [3.8, 4) is 6.07 Å². The molecule has 0 saturated heterocycles. The molecule has 0 bridgehead atoms. The number of nitrogens with zero attached hydrogens (tertiary/aromatic N) is 1. The lowest BCUT2D eigenvalue weighted by molar-refractivity contribution is -0.115. The predicted molar refractivity (Wildman–Crippen MR) is 77.6 cm³/mol. The Morgan fingerprint density at radius 3 is 2.60 bits per heavy atom. The molecule has 0 aliphatic heterocycles. The van der Waals surface area contributed by atoms with Crippen molar-refractivity contribution in [3.63, 3.8) is 0 Å². The van der Waals surface area contributed by atoms with Crippen LogP contribution in [0.4, 0.5) is 10.1 Å². The highest BCUT2D eigenvalue weighted by Crippen LogP contribution is 2.23. The van der Waals surface area contributed by atoms with Crippen LogP contribution in [-0.4, -0.2) is 5.91 Å². The molecular formula is C15H10BrFN2O. The summed E-state index contributed by atoms with van der Waals surface area (Å²) < 4.78 is 13.7. The van der Waals surface area contributed by atoms with Crippen LogP contribution in [0.25, 0.3) is 0 Å². The molecule has 1 amide bonds. The summed E-state index contributed by atoms with van der Waals surface area (Å²) >= 11 is 3.25. The van der Waals surface area contributed by atoms with Crippen LogP contribution in [0, 0.1) is 17.1 Å². The maximum absolute atomic E-state index is 13.1. The molecule has 1 N–H and O–H groups in total. The molecule has 2 rings (SSSR count). The van der Waals surface area contributed by atoms with E-state index in [1.165, 1.54) is 18.2 Å². The summed E-state index contributed by atoms with van der Waals surface area (Å²) in [4.78, 5) is 11.9. The lowest BCUT2D eigenvalue weighted by atomic mass is 10.1. The van der Waals surface area contributed by atoms with E-state index < -0.39 is 5.82 Å². The highest BCUT2D eigenvalue weighted by atomic mass is 79.9. The molecule has 0 heterocycles. The van der Waals surface area contributed by atoms with Crippen LogP contribution in [0.3, 0.4) is 0 Å². The number of hydrogen-bond donors (Lipinski definition) is 1. The zero-order valence-electron chi connectivity index (χ0n) is 10.4. The first-order chi connectivity index (χ1) is 9.58. The first kappa shape index (κ1) is 14.2. The number of rotatable bonds is 3. The normalized spacial score (nSPS) is 9.85. The largest absolute Gasteiger partial charge is 0.325 e. The molecule has 0 aliphatic rings. The number of hydrogen-bond acceptors (Lipinski definition) is 2. The summed E-state index contributed by atoms with van der Waals surface area (Å²) in [5.74, 6) is -0.664. The Labute approximate surface area is 124 Å². The Morgan fingerprint density at radius 1 is 1.25 bits per heavy atom. The highest BCUT2D eigenvalue weighted by Gasteiger charge is 2.08. The van der Waals surface area contributed by atoms with Gasteiger partial charge in [0.25, 0.3) is 0 Å². The van der Waals surface area contributed by atoms with Gasteiger partial charge in [0.05, 0.1) is 23.7 Å². The number of nitrogens with one attached hydrogen (secondary N) is 1. The molecular weight excluding hydrogens is 323 g/mol. The average molecular weight is 333 g/mol. The number of benzene rings is 2. The third kappa shape index (κ3) is 3.65. The molecule has 5 heteroatoms. The van der Waals surface area contributed by atoms with Crippen molar-refractivity contribution in [3.05, 3.63) is 63.9 Å². The van der Waals surface area contributed by atoms with Crippen molar-refractivity contribution in [2.24, 2.45) is 0 Å². The van der Waals surface area contributed by atoms with E-state index in [2.05, 4.69) is 21.2 Å². The number of halogens is 2. The first-order valence-electron chi connectivity index (χ1n) is 5.82. The highest BCUT2D eigenvalue weighted by molar-refractivity contribution is 9.10. The fourth-order valence-electron chi connectivity index (χ4n) is 1.67. The Hall–Kier alpha value is -2.19. The minimum Gasteiger partial charge on any atom is -0.325 e. The van der Waals surface area contributed by atoms with Crippen LogP contribution in [-0.2, 0) is 11.2 Å². The number of amides is 1. The van der Waals surface area contributed by atoms with Crippen molar-refractivity contribution >= 4 is 27.5 Å². The van der Waals surface area contributed by atoms with Crippen LogP contribution in [0.5, 0.6) is 0 Å². The molecule has 0 aliphatic carbocycles. The molecule has 0 aromatic heterocycles. The summed E-state index contributed by atoms with van der Waals surface area (Å²) in [6, 6.07) is 12.9. The van der Waals surface area contributed by atoms with Crippen LogP contribution < -0.4 is 5.32 Å². The van der Waals surface area contributed by atoms with Crippen molar-refractivity contribution < 1.29 is 9.18 Å².